The van der Waals surface area contributed by atoms with E-state index in [0.29, 0.717) is 28.1 Å². The monoisotopic (exact) mass is 281 g/mol. The van der Waals surface area contributed by atoms with Crippen molar-refractivity contribution in [2.75, 3.05) is 5.73 Å². The highest BCUT2D eigenvalue weighted by molar-refractivity contribution is 6.32. The number of benzene rings is 2. The molecule has 0 aliphatic carbocycles. The Morgan fingerprint density at radius 3 is 2.56 bits per heavy atom. The quantitative estimate of drug-likeness (QED) is 0.843. The lowest BCUT2D eigenvalue weighted by molar-refractivity contribution is 0.306. The maximum atomic E-state index is 6.08. The van der Waals surface area contributed by atoms with E-state index >= 15 is 0 Å². The molecule has 2 N–H and O–H groups in total. The van der Waals surface area contributed by atoms with Gasteiger partial charge in [-0.05, 0) is 42.8 Å². The van der Waals surface area contributed by atoms with Crippen LogP contribution in [0.5, 0.6) is 5.75 Å². The summed E-state index contributed by atoms with van der Waals surface area (Å²) in [7, 11) is 0. The molecular weight excluding hydrogens is 269 g/mol. The third kappa shape index (κ3) is 3.09. The van der Waals surface area contributed by atoms with Gasteiger partial charge in [0.15, 0.2) is 0 Å². The number of nitrogen functional groups attached to an aromatic ring is 1. The molecule has 0 radical (unpaired) electrons. The number of hydrogen-bond donors (Lipinski definition) is 1. The zero-order valence-corrected chi connectivity index (χ0v) is 11.4. The molecule has 0 fully saturated rings. The highest BCUT2D eigenvalue weighted by atomic mass is 35.5. The van der Waals surface area contributed by atoms with Crippen LogP contribution in [0.2, 0.25) is 10.0 Å². The number of hydrogen-bond acceptors (Lipinski definition) is 2. The van der Waals surface area contributed by atoms with Crippen molar-refractivity contribution < 1.29 is 4.74 Å². The summed E-state index contributed by atoms with van der Waals surface area (Å²) < 4.78 is 5.64. The maximum Gasteiger partial charge on any atom is 0.138 e. The standard InChI is InChI=1S/C14H13Cl2NO/c1-9-2-5-14(13(16)6-9)18-8-10-7-11(17)3-4-12(10)15/h2-7H,8,17H2,1H3. The summed E-state index contributed by atoms with van der Waals surface area (Å²) in [6.07, 6.45) is 0. The Labute approximate surface area is 116 Å². The van der Waals surface area contributed by atoms with E-state index < -0.39 is 0 Å². The van der Waals surface area contributed by atoms with E-state index in [1.54, 1.807) is 18.2 Å². The smallest absolute Gasteiger partial charge is 0.138 e. The van der Waals surface area contributed by atoms with Gasteiger partial charge in [0.25, 0.3) is 0 Å². The van der Waals surface area contributed by atoms with Gasteiger partial charge in [-0.2, -0.15) is 0 Å². The molecule has 0 amide bonds. The lowest BCUT2D eigenvalue weighted by Gasteiger charge is -2.10. The molecule has 0 bridgehead atoms. The molecule has 0 saturated carbocycles. The van der Waals surface area contributed by atoms with E-state index in [9.17, 15) is 0 Å². The molecule has 2 nitrogen and oxygen atoms in total. The van der Waals surface area contributed by atoms with Crippen LogP contribution >= 0.6 is 23.2 Å². The Bertz CT molecular complexity index is 570. The summed E-state index contributed by atoms with van der Waals surface area (Å²) >= 11 is 12.1. The normalized spacial score (nSPS) is 10.4. The van der Waals surface area contributed by atoms with Gasteiger partial charge >= 0.3 is 0 Å². The van der Waals surface area contributed by atoms with Gasteiger partial charge in [-0.15, -0.1) is 0 Å². The van der Waals surface area contributed by atoms with Crippen LogP contribution in [0.25, 0.3) is 0 Å². The summed E-state index contributed by atoms with van der Waals surface area (Å²) in [5, 5.41) is 1.22. The van der Waals surface area contributed by atoms with E-state index in [4.69, 9.17) is 33.7 Å². The molecule has 0 heterocycles. The second-order valence-corrected chi connectivity index (χ2v) is 4.89. The molecule has 0 aromatic heterocycles. The Balaban J connectivity index is 2.13. The van der Waals surface area contributed by atoms with Crippen LogP contribution in [0.1, 0.15) is 11.1 Å². The Hall–Kier alpha value is -1.38. The molecule has 0 unspecified atom stereocenters. The minimum atomic E-state index is 0.340. The van der Waals surface area contributed by atoms with Crippen LogP contribution in [-0.2, 0) is 6.61 Å². The van der Waals surface area contributed by atoms with Crippen molar-refractivity contribution in [1.29, 1.82) is 0 Å². The molecule has 0 spiro atoms. The fraction of sp³-hybridized carbons (Fsp3) is 0.143. The zero-order valence-electron chi connectivity index (χ0n) is 9.91. The lowest BCUT2D eigenvalue weighted by atomic mass is 10.2. The molecule has 2 aromatic carbocycles. The first-order chi connectivity index (χ1) is 8.56. The first-order valence-electron chi connectivity index (χ1n) is 5.49. The van der Waals surface area contributed by atoms with Crippen molar-refractivity contribution >= 4 is 28.9 Å². The Morgan fingerprint density at radius 2 is 1.83 bits per heavy atom. The molecule has 2 rings (SSSR count). The van der Waals surface area contributed by atoms with Gasteiger partial charge < -0.3 is 10.5 Å². The van der Waals surface area contributed by atoms with Crippen molar-refractivity contribution in [1.82, 2.24) is 0 Å². The zero-order chi connectivity index (χ0) is 13.1. The van der Waals surface area contributed by atoms with Crippen molar-refractivity contribution in [2.45, 2.75) is 13.5 Å². The number of ether oxygens (including phenoxy) is 1. The summed E-state index contributed by atoms with van der Waals surface area (Å²) in [4.78, 5) is 0. The third-order valence-electron chi connectivity index (χ3n) is 2.54. The largest absolute Gasteiger partial charge is 0.487 e. The van der Waals surface area contributed by atoms with E-state index in [1.807, 2.05) is 25.1 Å². The molecule has 0 saturated heterocycles. The summed E-state index contributed by atoms with van der Waals surface area (Å²) in [6, 6.07) is 11.0. The fourth-order valence-electron chi connectivity index (χ4n) is 1.58. The van der Waals surface area contributed by atoms with E-state index in [0.717, 1.165) is 11.1 Å². The minimum Gasteiger partial charge on any atom is -0.487 e. The van der Waals surface area contributed by atoms with Gasteiger partial charge in [-0.3, -0.25) is 0 Å². The molecule has 94 valence electrons. The molecule has 0 atom stereocenters. The maximum absolute atomic E-state index is 6.08. The number of nitrogens with two attached hydrogens (primary N) is 1. The van der Waals surface area contributed by atoms with Crippen molar-refractivity contribution in [2.24, 2.45) is 0 Å². The average molecular weight is 282 g/mol. The van der Waals surface area contributed by atoms with Crippen LogP contribution in [0.3, 0.4) is 0 Å². The third-order valence-corrected chi connectivity index (χ3v) is 3.20. The second-order valence-electron chi connectivity index (χ2n) is 4.07. The highest BCUT2D eigenvalue weighted by Crippen LogP contribution is 2.27. The molecule has 4 heteroatoms. The Morgan fingerprint density at radius 1 is 1.06 bits per heavy atom. The first-order valence-corrected chi connectivity index (χ1v) is 6.24. The van der Waals surface area contributed by atoms with Crippen molar-refractivity contribution in [3.63, 3.8) is 0 Å². The van der Waals surface area contributed by atoms with Crippen LogP contribution < -0.4 is 10.5 Å². The number of halogens is 2. The summed E-state index contributed by atoms with van der Waals surface area (Å²) in [5.41, 5.74) is 8.30. The number of anilines is 1. The van der Waals surface area contributed by atoms with Crippen LogP contribution in [0.15, 0.2) is 36.4 Å². The molecule has 2 aromatic rings. The van der Waals surface area contributed by atoms with Gasteiger partial charge in [0.05, 0.1) is 5.02 Å². The number of rotatable bonds is 3. The second kappa shape index (κ2) is 5.51. The average Bonchev–Trinajstić information content (AvgIpc) is 2.32. The van der Waals surface area contributed by atoms with Gasteiger partial charge in [0.2, 0.25) is 0 Å². The van der Waals surface area contributed by atoms with E-state index in [-0.39, 0.29) is 0 Å². The molecule has 18 heavy (non-hydrogen) atoms. The van der Waals surface area contributed by atoms with E-state index in [1.165, 1.54) is 0 Å². The highest BCUT2D eigenvalue weighted by Gasteiger charge is 2.05. The van der Waals surface area contributed by atoms with Crippen LogP contribution in [-0.4, -0.2) is 0 Å². The Kier molecular flexibility index (Phi) is 4.00. The SMILES string of the molecule is Cc1ccc(OCc2cc(N)ccc2Cl)c(Cl)c1. The predicted octanol–water partition coefficient (Wildman–Crippen LogP) is 4.46. The van der Waals surface area contributed by atoms with Gasteiger partial charge in [0, 0.05) is 16.3 Å². The first kappa shape index (κ1) is 13.1. The van der Waals surface area contributed by atoms with Gasteiger partial charge in [-0.25, -0.2) is 0 Å². The summed E-state index contributed by atoms with van der Waals surface area (Å²) in [6.45, 7) is 2.32. The van der Waals surface area contributed by atoms with Crippen molar-refractivity contribution in [3.05, 3.63) is 57.6 Å². The lowest BCUT2D eigenvalue weighted by Crippen LogP contribution is -1.98. The van der Waals surface area contributed by atoms with Gasteiger partial charge in [-0.1, -0.05) is 29.3 Å². The van der Waals surface area contributed by atoms with Crippen LogP contribution in [0.4, 0.5) is 5.69 Å². The van der Waals surface area contributed by atoms with E-state index in [2.05, 4.69) is 0 Å². The van der Waals surface area contributed by atoms with Gasteiger partial charge in [0.1, 0.15) is 12.4 Å². The predicted molar refractivity (Wildman–Crippen MR) is 76.4 cm³/mol. The minimum absolute atomic E-state index is 0.340. The topological polar surface area (TPSA) is 35.2 Å². The number of aryl methyl sites for hydroxylation is 1. The molecular formula is C14H13Cl2NO. The fourth-order valence-corrected chi connectivity index (χ4v) is 2.05. The molecule has 0 aliphatic heterocycles. The van der Waals surface area contributed by atoms with Crippen LogP contribution in [0, 0.1) is 6.92 Å². The molecule has 0 aliphatic rings. The van der Waals surface area contributed by atoms with Crippen molar-refractivity contribution in [3.8, 4) is 5.75 Å². The summed E-state index contributed by atoms with van der Waals surface area (Å²) in [5.74, 6) is 0.640.